The van der Waals surface area contributed by atoms with Gasteiger partial charge in [-0.3, -0.25) is 9.80 Å². The number of benzene rings is 1. The van der Waals surface area contributed by atoms with E-state index in [9.17, 15) is 43.9 Å². The molecular weight excluding hydrogens is 656 g/mol. The van der Waals surface area contributed by atoms with Gasteiger partial charge in [-0.2, -0.15) is 39.5 Å². The molecule has 0 aromatic heterocycles. The molecule has 0 saturated carbocycles. The van der Waals surface area contributed by atoms with E-state index >= 15 is 0 Å². The van der Waals surface area contributed by atoms with Crippen molar-refractivity contribution in [3.63, 3.8) is 0 Å². The van der Waals surface area contributed by atoms with Crippen molar-refractivity contribution in [2.24, 2.45) is 11.8 Å². The first-order valence-corrected chi connectivity index (χ1v) is 13.4. The zero-order valence-electron chi connectivity index (χ0n) is 24.2. The van der Waals surface area contributed by atoms with Crippen LogP contribution in [-0.4, -0.2) is 132 Å². The fourth-order valence-corrected chi connectivity index (χ4v) is 4.67. The van der Waals surface area contributed by atoms with E-state index in [-0.39, 0.29) is 5.82 Å². The Labute approximate surface area is 256 Å². The third-order valence-corrected chi connectivity index (χ3v) is 6.94. The molecule has 46 heavy (non-hydrogen) atoms. The maximum atomic E-state index is 13.4. The summed E-state index contributed by atoms with van der Waals surface area (Å²) in [7, 11) is 2.20. The van der Waals surface area contributed by atoms with Gasteiger partial charge >= 0.3 is 36.4 Å². The van der Waals surface area contributed by atoms with Gasteiger partial charge in [-0.1, -0.05) is 12.1 Å². The lowest BCUT2D eigenvalue weighted by molar-refractivity contribution is -0.193. The predicted octanol–water partition coefficient (Wildman–Crippen LogP) is 3.81. The van der Waals surface area contributed by atoms with Gasteiger partial charge in [0.05, 0.1) is 12.7 Å². The highest BCUT2D eigenvalue weighted by Gasteiger charge is 2.42. The fraction of sp³-hybridized carbons (Fsp3) is 0.654. The maximum Gasteiger partial charge on any atom is 0.490 e. The Morgan fingerprint density at radius 3 is 1.72 bits per heavy atom. The van der Waals surface area contributed by atoms with Crippen molar-refractivity contribution in [2.75, 3.05) is 59.5 Å². The molecule has 3 heterocycles. The normalized spacial score (nSPS) is 22.5. The van der Waals surface area contributed by atoms with Crippen LogP contribution >= 0.6 is 0 Å². The molecule has 1 aromatic rings. The number of halogens is 10. The number of alkyl halides is 9. The number of carboxylic acids is 3. The summed E-state index contributed by atoms with van der Waals surface area (Å²) in [4.78, 5) is 34.1. The summed E-state index contributed by atoms with van der Waals surface area (Å²) in [5.41, 5.74) is 1.08. The molecule has 3 aliphatic heterocycles. The molecule has 0 radical (unpaired) electrons. The van der Waals surface area contributed by atoms with Gasteiger partial charge in [0.15, 0.2) is 0 Å². The summed E-state index contributed by atoms with van der Waals surface area (Å²) in [5, 5.41) is 21.4. The first kappa shape index (κ1) is 40.8. The van der Waals surface area contributed by atoms with E-state index in [0.717, 1.165) is 38.3 Å². The quantitative estimate of drug-likeness (QED) is 0.402. The van der Waals surface area contributed by atoms with Crippen LogP contribution < -0.4 is 0 Å². The minimum Gasteiger partial charge on any atom is -0.475 e. The summed E-state index contributed by atoms with van der Waals surface area (Å²) in [5.74, 6) is -7.07. The van der Waals surface area contributed by atoms with Crippen molar-refractivity contribution in [2.45, 2.75) is 37.6 Å². The van der Waals surface area contributed by atoms with Crippen molar-refractivity contribution >= 4 is 17.9 Å². The van der Waals surface area contributed by atoms with Crippen molar-refractivity contribution in [3.05, 3.63) is 35.6 Å². The van der Waals surface area contributed by atoms with Crippen molar-refractivity contribution < 1.29 is 78.3 Å². The van der Waals surface area contributed by atoms with Gasteiger partial charge in [0.1, 0.15) is 5.82 Å². The Hall–Kier alpha value is -3.23. The highest BCUT2D eigenvalue weighted by Crippen LogP contribution is 2.35. The fourth-order valence-electron chi connectivity index (χ4n) is 4.67. The topological polar surface area (TPSA) is 131 Å². The van der Waals surface area contributed by atoms with Crippen molar-refractivity contribution in [1.82, 2.24) is 14.7 Å². The first-order chi connectivity index (χ1) is 21.0. The zero-order valence-corrected chi connectivity index (χ0v) is 24.2. The molecule has 0 spiro atoms. The van der Waals surface area contributed by atoms with E-state index in [2.05, 4.69) is 21.7 Å². The molecule has 10 nitrogen and oxygen atoms in total. The maximum absolute atomic E-state index is 13.4. The second-order valence-corrected chi connectivity index (χ2v) is 10.5. The molecule has 0 unspecified atom stereocenters. The molecule has 4 rings (SSSR count). The van der Waals surface area contributed by atoms with Crippen LogP contribution in [0.5, 0.6) is 0 Å². The van der Waals surface area contributed by atoms with Crippen LogP contribution in [0.3, 0.4) is 0 Å². The van der Waals surface area contributed by atoms with E-state index in [4.69, 9.17) is 34.4 Å². The molecule has 3 fully saturated rings. The Balaban J connectivity index is 0.000000413. The van der Waals surface area contributed by atoms with Gasteiger partial charge in [-0.25, -0.2) is 18.8 Å². The van der Waals surface area contributed by atoms with Crippen LogP contribution in [0.15, 0.2) is 24.3 Å². The Morgan fingerprint density at radius 1 is 0.804 bits per heavy atom. The first-order valence-electron chi connectivity index (χ1n) is 13.4. The third kappa shape index (κ3) is 15.4. The minimum atomic E-state index is -5.08. The molecular formula is C26H33F10N3O7. The zero-order chi connectivity index (χ0) is 35.5. The number of likely N-dealkylation sites (tertiary alicyclic amines) is 1. The number of hydrogen-bond acceptors (Lipinski definition) is 7. The number of nitrogens with zero attached hydrogens (tertiary/aromatic N) is 3. The second-order valence-electron chi connectivity index (χ2n) is 10.5. The summed E-state index contributed by atoms with van der Waals surface area (Å²) < 4.78 is 115. The van der Waals surface area contributed by atoms with Crippen LogP contribution in [0.2, 0.25) is 0 Å². The van der Waals surface area contributed by atoms with E-state index in [0.29, 0.717) is 17.9 Å². The Morgan fingerprint density at radius 2 is 1.28 bits per heavy atom. The highest BCUT2D eigenvalue weighted by molar-refractivity contribution is 5.73. The van der Waals surface area contributed by atoms with E-state index in [1.54, 1.807) is 6.07 Å². The average molecular weight is 690 g/mol. The average Bonchev–Trinajstić information content (AvgIpc) is 3.31. The molecule has 3 N–H and O–H groups in total. The number of aliphatic carboxylic acids is 3. The molecule has 3 saturated heterocycles. The SMILES string of the molecule is CN1CCN(C[C@@H]2OC[C@H]3CN(Cc4cccc(F)c4)CC[C@H]32)CC1.O=C(O)C(F)(F)F.O=C(O)C(F)(F)F.O=C(O)C(F)(F)F. The number of hydrogen-bond donors (Lipinski definition) is 3. The van der Waals surface area contributed by atoms with Gasteiger partial charge in [0, 0.05) is 51.7 Å². The Bertz CT molecular complexity index is 1070. The van der Waals surface area contributed by atoms with Gasteiger partial charge in [0.2, 0.25) is 0 Å². The van der Waals surface area contributed by atoms with Crippen molar-refractivity contribution in [1.29, 1.82) is 0 Å². The number of piperidine rings is 1. The highest BCUT2D eigenvalue weighted by atomic mass is 19.4. The molecule has 3 atom stereocenters. The molecule has 264 valence electrons. The molecule has 3 aliphatic rings. The lowest BCUT2D eigenvalue weighted by Gasteiger charge is -2.38. The lowest BCUT2D eigenvalue weighted by atomic mass is 9.84. The smallest absolute Gasteiger partial charge is 0.475 e. The number of fused-ring (bicyclic) bond motifs is 1. The number of carbonyl (C=O) groups is 3. The molecule has 20 heteroatoms. The van der Waals surface area contributed by atoms with Gasteiger partial charge in [-0.05, 0) is 43.6 Å². The second kappa shape index (κ2) is 17.6. The molecule has 1 aromatic carbocycles. The number of carboxylic acid groups (broad SMARTS) is 3. The number of likely N-dealkylation sites (N-methyl/N-ethyl adjacent to an activating group) is 1. The standard InChI is InChI=1S/C20H30FN3O.3C2HF3O2/c1-22-7-9-23(10-8-22)14-20-19-5-6-24(13-17(19)15-25-20)12-16-3-2-4-18(21)11-16;3*3-2(4,5)1(6)7/h2-4,11,17,19-20H,5-10,12-15H2,1H3;3*(H,6,7)/t17-,19-,20+;;;/m1.../s1. The van der Waals surface area contributed by atoms with Crippen LogP contribution in [-0.2, 0) is 25.7 Å². The molecule has 0 amide bonds. The van der Waals surface area contributed by atoms with Crippen molar-refractivity contribution in [3.8, 4) is 0 Å². The lowest BCUT2D eigenvalue weighted by Crippen LogP contribution is -2.49. The van der Waals surface area contributed by atoms with Crippen LogP contribution in [0, 0.1) is 17.7 Å². The number of rotatable bonds is 4. The monoisotopic (exact) mass is 689 g/mol. The van der Waals surface area contributed by atoms with E-state index in [1.807, 2.05) is 12.1 Å². The van der Waals surface area contributed by atoms with E-state index < -0.39 is 36.4 Å². The largest absolute Gasteiger partial charge is 0.490 e. The molecule has 0 aliphatic carbocycles. The summed E-state index contributed by atoms with van der Waals surface area (Å²) >= 11 is 0. The van der Waals surface area contributed by atoms with Crippen LogP contribution in [0.25, 0.3) is 0 Å². The minimum absolute atomic E-state index is 0.135. The summed E-state index contributed by atoms with van der Waals surface area (Å²) in [6.07, 6.45) is -13.6. The third-order valence-electron chi connectivity index (χ3n) is 6.94. The predicted molar refractivity (Wildman–Crippen MR) is 138 cm³/mol. The Kier molecular flexibility index (Phi) is 15.6. The molecule has 0 bridgehead atoms. The summed E-state index contributed by atoms with van der Waals surface area (Å²) in [6, 6.07) is 7.01. The van der Waals surface area contributed by atoms with Crippen LogP contribution in [0.1, 0.15) is 12.0 Å². The van der Waals surface area contributed by atoms with Gasteiger partial charge < -0.3 is 25.0 Å². The van der Waals surface area contributed by atoms with E-state index in [1.165, 1.54) is 38.7 Å². The summed E-state index contributed by atoms with van der Waals surface area (Å²) in [6.45, 7) is 9.69. The van der Waals surface area contributed by atoms with Gasteiger partial charge in [0.25, 0.3) is 0 Å². The number of piperazine rings is 1. The van der Waals surface area contributed by atoms with Gasteiger partial charge in [-0.15, -0.1) is 0 Å². The van der Waals surface area contributed by atoms with Crippen LogP contribution in [0.4, 0.5) is 43.9 Å². The number of ether oxygens (including phenoxy) is 1.